The van der Waals surface area contributed by atoms with Crippen molar-refractivity contribution in [3.63, 3.8) is 0 Å². The second-order valence-corrected chi connectivity index (χ2v) is 10.0. The van der Waals surface area contributed by atoms with Crippen molar-refractivity contribution in [2.45, 2.75) is 103 Å². The van der Waals surface area contributed by atoms with Gasteiger partial charge in [0.1, 0.15) is 5.82 Å². The number of fused-ring (bicyclic) bond motifs is 2. The lowest BCUT2D eigenvalue weighted by molar-refractivity contribution is -0.0162. The molecule has 1 aromatic carbocycles. The SMILES string of the molecule is CCCCCOC1CCC2CC(c3cc(F)c4c(c3)CCC(C)C4)CCC2C1. The number of benzene rings is 1. The van der Waals surface area contributed by atoms with Crippen molar-refractivity contribution in [1.82, 2.24) is 0 Å². The average molecular weight is 387 g/mol. The van der Waals surface area contributed by atoms with Gasteiger partial charge in [-0.2, -0.15) is 0 Å². The fraction of sp³-hybridized carbons (Fsp3) is 0.769. The van der Waals surface area contributed by atoms with Crippen LogP contribution in [0, 0.1) is 23.6 Å². The maximum atomic E-state index is 14.8. The van der Waals surface area contributed by atoms with E-state index in [2.05, 4.69) is 19.9 Å². The first-order valence-corrected chi connectivity index (χ1v) is 12.1. The van der Waals surface area contributed by atoms with Crippen LogP contribution in [0.5, 0.6) is 0 Å². The molecule has 0 radical (unpaired) electrons. The summed E-state index contributed by atoms with van der Waals surface area (Å²) < 4.78 is 21.0. The van der Waals surface area contributed by atoms with E-state index in [1.165, 1.54) is 75.3 Å². The third kappa shape index (κ3) is 4.64. The topological polar surface area (TPSA) is 9.23 Å². The smallest absolute Gasteiger partial charge is 0.126 e. The lowest BCUT2D eigenvalue weighted by Gasteiger charge is -2.42. The number of rotatable bonds is 6. The third-order valence-corrected chi connectivity index (χ3v) is 7.91. The van der Waals surface area contributed by atoms with Gasteiger partial charge in [0, 0.05) is 6.61 Å². The third-order valence-electron chi connectivity index (χ3n) is 7.91. The summed E-state index contributed by atoms with van der Waals surface area (Å²) in [7, 11) is 0. The summed E-state index contributed by atoms with van der Waals surface area (Å²) in [4.78, 5) is 0. The number of unbranched alkanes of at least 4 members (excludes halogenated alkanes) is 2. The molecule has 0 spiro atoms. The van der Waals surface area contributed by atoms with Gasteiger partial charge >= 0.3 is 0 Å². The average Bonchev–Trinajstić information content (AvgIpc) is 2.71. The molecule has 0 saturated heterocycles. The molecule has 1 nitrogen and oxygen atoms in total. The van der Waals surface area contributed by atoms with E-state index in [1.54, 1.807) is 0 Å². The van der Waals surface area contributed by atoms with Gasteiger partial charge in [-0.15, -0.1) is 0 Å². The molecule has 28 heavy (non-hydrogen) atoms. The number of ether oxygens (including phenoxy) is 1. The summed E-state index contributed by atoms with van der Waals surface area (Å²) >= 11 is 0. The van der Waals surface area contributed by atoms with Gasteiger partial charge in [0.15, 0.2) is 0 Å². The molecular formula is C26H39FO. The molecule has 1 aromatic rings. The molecule has 0 N–H and O–H groups in total. The molecule has 5 atom stereocenters. The predicted molar refractivity (Wildman–Crippen MR) is 114 cm³/mol. The van der Waals surface area contributed by atoms with Crippen LogP contribution >= 0.6 is 0 Å². The Morgan fingerprint density at radius 3 is 2.68 bits per heavy atom. The molecule has 3 aliphatic carbocycles. The lowest BCUT2D eigenvalue weighted by atomic mass is 9.65. The molecule has 4 rings (SSSR count). The number of hydrogen-bond acceptors (Lipinski definition) is 1. The van der Waals surface area contributed by atoms with Crippen molar-refractivity contribution in [2.24, 2.45) is 17.8 Å². The molecule has 2 saturated carbocycles. The zero-order valence-electron chi connectivity index (χ0n) is 18.0. The van der Waals surface area contributed by atoms with Gasteiger partial charge in [-0.05, 0) is 111 Å². The summed E-state index contributed by atoms with van der Waals surface area (Å²) in [6.45, 7) is 5.45. The monoisotopic (exact) mass is 386 g/mol. The van der Waals surface area contributed by atoms with Gasteiger partial charge in [-0.1, -0.05) is 32.8 Å². The quantitative estimate of drug-likeness (QED) is 0.469. The maximum absolute atomic E-state index is 14.8. The van der Waals surface area contributed by atoms with E-state index in [0.717, 1.165) is 36.8 Å². The Hall–Kier alpha value is -0.890. The van der Waals surface area contributed by atoms with Crippen LogP contribution in [0.4, 0.5) is 4.39 Å². The Morgan fingerprint density at radius 1 is 1.00 bits per heavy atom. The fourth-order valence-electron chi connectivity index (χ4n) is 6.16. The molecule has 0 bridgehead atoms. The van der Waals surface area contributed by atoms with E-state index >= 15 is 0 Å². The van der Waals surface area contributed by atoms with Gasteiger partial charge in [-0.25, -0.2) is 4.39 Å². The van der Waals surface area contributed by atoms with E-state index in [1.807, 2.05) is 6.07 Å². The Morgan fingerprint density at radius 2 is 1.82 bits per heavy atom. The highest BCUT2D eigenvalue weighted by Crippen LogP contribution is 2.47. The lowest BCUT2D eigenvalue weighted by Crippen LogP contribution is -2.34. The first-order chi connectivity index (χ1) is 13.6. The van der Waals surface area contributed by atoms with Crippen molar-refractivity contribution in [3.8, 4) is 0 Å². The molecule has 2 heteroatoms. The zero-order valence-corrected chi connectivity index (χ0v) is 18.0. The second-order valence-electron chi connectivity index (χ2n) is 10.0. The predicted octanol–water partition coefficient (Wildman–Crippen LogP) is 7.21. The molecule has 0 aromatic heterocycles. The summed E-state index contributed by atoms with van der Waals surface area (Å²) in [5, 5.41) is 0. The Labute approximate surface area is 171 Å². The summed E-state index contributed by atoms with van der Waals surface area (Å²) in [6.07, 6.45) is 15.1. The highest BCUT2D eigenvalue weighted by atomic mass is 19.1. The van der Waals surface area contributed by atoms with Gasteiger partial charge in [0.2, 0.25) is 0 Å². The molecular weight excluding hydrogens is 347 g/mol. The number of halogens is 1. The fourth-order valence-corrected chi connectivity index (χ4v) is 6.16. The van der Waals surface area contributed by atoms with E-state index in [0.29, 0.717) is 17.9 Å². The van der Waals surface area contributed by atoms with Crippen LogP contribution < -0.4 is 0 Å². The molecule has 2 fully saturated rings. The van der Waals surface area contributed by atoms with Gasteiger partial charge < -0.3 is 4.74 Å². The molecule has 0 heterocycles. The molecule has 5 unspecified atom stereocenters. The van der Waals surface area contributed by atoms with E-state index < -0.39 is 0 Å². The van der Waals surface area contributed by atoms with Crippen molar-refractivity contribution in [3.05, 3.63) is 34.6 Å². The van der Waals surface area contributed by atoms with Gasteiger partial charge in [0.25, 0.3) is 0 Å². The minimum absolute atomic E-state index is 0.0744. The van der Waals surface area contributed by atoms with Crippen LogP contribution in [0.1, 0.15) is 101 Å². The standard InChI is InChI=1S/C26H39FO/c1-3-4-5-12-28-24-11-10-19-14-20(8-9-21(19)16-24)23-15-22-7-6-18(2)13-25(22)26(27)17-23/h15,17-21,24H,3-14,16H2,1-2H3. The minimum Gasteiger partial charge on any atom is -0.378 e. The highest BCUT2D eigenvalue weighted by molar-refractivity contribution is 5.37. The highest BCUT2D eigenvalue weighted by Gasteiger charge is 2.36. The van der Waals surface area contributed by atoms with Crippen LogP contribution in [0.3, 0.4) is 0 Å². The Balaban J connectivity index is 1.35. The van der Waals surface area contributed by atoms with Crippen LogP contribution in [-0.4, -0.2) is 12.7 Å². The first-order valence-electron chi connectivity index (χ1n) is 12.1. The minimum atomic E-state index is 0.0744. The van der Waals surface area contributed by atoms with Crippen LogP contribution in [-0.2, 0) is 17.6 Å². The Kier molecular flexibility index (Phi) is 6.76. The van der Waals surface area contributed by atoms with Crippen molar-refractivity contribution >= 4 is 0 Å². The Bertz CT molecular complexity index is 654. The second kappa shape index (κ2) is 9.28. The molecule has 3 aliphatic rings. The van der Waals surface area contributed by atoms with Gasteiger partial charge in [0.05, 0.1) is 6.10 Å². The number of hydrogen-bond donors (Lipinski definition) is 0. The van der Waals surface area contributed by atoms with Crippen LogP contribution in [0.2, 0.25) is 0 Å². The largest absolute Gasteiger partial charge is 0.378 e. The van der Waals surface area contributed by atoms with Crippen LogP contribution in [0.15, 0.2) is 12.1 Å². The van der Waals surface area contributed by atoms with Crippen molar-refractivity contribution in [1.29, 1.82) is 0 Å². The number of aryl methyl sites for hydroxylation is 1. The van der Waals surface area contributed by atoms with E-state index in [-0.39, 0.29) is 5.82 Å². The molecule has 0 aliphatic heterocycles. The normalized spacial score (nSPS) is 32.6. The first kappa shape index (κ1) is 20.4. The van der Waals surface area contributed by atoms with Crippen LogP contribution in [0.25, 0.3) is 0 Å². The zero-order chi connectivity index (χ0) is 19.5. The van der Waals surface area contributed by atoms with Gasteiger partial charge in [-0.3, -0.25) is 0 Å². The van der Waals surface area contributed by atoms with E-state index in [4.69, 9.17) is 4.74 Å². The molecule has 0 amide bonds. The van der Waals surface area contributed by atoms with E-state index in [9.17, 15) is 4.39 Å². The molecule has 156 valence electrons. The van der Waals surface area contributed by atoms with Crippen molar-refractivity contribution in [2.75, 3.05) is 6.61 Å². The summed E-state index contributed by atoms with van der Waals surface area (Å²) in [5.41, 5.74) is 3.61. The summed E-state index contributed by atoms with van der Waals surface area (Å²) in [5.74, 6) is 2.94. The maximum Gasteiger partial charge on any atom is 0.126 e. The van der Waals surface area contributed by atoms with Crippen molar-refractivity contribution < 1.29 is 9.13 Å². The summed E-state index contributed by atoms with van der Waals surface area (Å²) in [6, 6.07) is 4.27.